The first-order chi connectivity index (χ1) is 9.73. The van der Waals surface area contributed by atoms with Crippen LogP contribution >= 0.6 is 11.6 Å². The van der Waals surface area contributed by atoms with Gasteiger partial charge in [0.05, 0.1) is 24.2 Å². The molecule has 0 saturated carbocycles. The van der Waals surface area contributed by atoms with Crippen molar-refractivity contribution < 1.29 is 27.8 Å². The molecule has 1 aromatic rings. The standard InChI is InChI=1S/C13H16ClF4NO2/c14-12-9(2-1-3-11(12)15)6-19(7-10(21)8-20)5-4-13(16,17)18/h1-3,10,20-21H,4-8H2/t10-/m0/s1. The molecule has 1 aromatic carbocycles. The van der Waals surface area contributed by atoms with Crippen LogP contribution in [0.25, 0.3) is 0 Å². The van der Waals surface area contributed by atoms with Crippen LogP contribution in [0.3, 0.4) is 0 Å². The Hall–Kier alpha value is -0.890. The molecular weight excluding hydrogens is 314 g/mol. The summed E-state index contributed by atoms with van der Waals surface area (Å²) in [4.78, 5) is 1.27. The van der Waals surface area contributed by atoms with Gasteiger partial charge < -0.3 is 10.2 Å². The monoisotopic (exact) mass is 329 g/mol. The number of hydrogen-bond acceptors (Lipinski definition) is 3. The quantitative estimate of drug-likeness (QED) is 0.756. The van der Waals surface area contributed by atoms with Crippen LogP contribution in [-0.4, -0.2) is 47.1 Å². The van der Waals surface area contributed by atoms with Crippen molar-refractivity contribution in [3.8, 4) is 0 Å². The van der Waals surface area contributed by atoms with E-state index in [1.807, 2.05) is 0 Å². The molecule has 0 amide bonds. The van der Waals surface area contributed by atoms with E-state index in [1.165, 1.54) is 17.0 Å². The van der Waals surface area contributed by atoms with Gasteiger partial charge in [0.1, 0.15) is 5.82 Å². The molecule has 2 N–H and O–H groups in total. The first-order valence-electron chi connectivity index (χ1n) is 6.24. The van der Waals surface area contributed by atoms with Crippen molar-refractivity contribution >= 4 is 11.6 Å². The zero-order valence-corrected chi connectivity index (χ0v) is 11.8. The molecule has 0 aliphatic carbocycles. The van der Waals surface area contributed by atoms with Gasteiger partial charge in [0.2, 0.25) is 0 Å². The molecule has 0 aromatic heterocycles. The molecular formula is C13H16ClF4NO2. The minimum Gasteiger partial charge on any atom is -0.394 e. The molecule has 0 spiro atoms. The number of alkyl halides is 3. The second-order valence-electron chi connectivity index (χ2n) is 4.65. The fourth-order valence-corrected chi connectivity index (χ4v) is 1.97. The number of hydrogen-bond donors (Lipinski definition) is 2. The summed E-state index contributed by atoms with van der Waals surface area (Å²) in [7, 11) is 0. The zero-order valence-electron chi connectivity index (χ0n) is 11.1. The zero-order chi connectivity index (χ0) is 16.0. The third-order valence-corrected chi connectivity index (χ3v) is 3.24. The highest BCUT2D eigenvalue weighted by Crippen LogP contribution is 2.23. The maximum absolute atomic E-state index is 13.3. The van der Waals surface area contributed by atoms with E-state index in [-0.39, 0.29) is 24.7 Å². The molecule has 120 valence electrons. The second kappa shape index (κ2) is 7.93. The summed E-state index contributed by atoms with van der Waals surface area (Å²) in [5.74, 6) is -0.660. The van der Waals surface area contributed by atoms with Gasteiger partial charge in [-0.15, -0.1) is 0 Å². The molecule has 0 unspecified atom stereocenters. The fraction of sp³-hybridized carbons (Fsp3) is 0.538. The van der Waals surface area contributed by atoms with Crippen molar-refractivity contribution in [1.29, 1.82) is 0 Å². The fourth-order valence-electron chi connectivity index (χ4n) is 1.79. The lowest BCUT2D eigenvalue weighted by molar-refractivity contribution is -0.139. The van der Waals surface area contributed by atoms with Crippen molar-refractivity contribution in [3.05, 3.63) is 34.6 Å². The lowest BCUT2D eigenvalue weighted by Crippen LogP contribution is -2.36. The van der Waals surface area contributed by atoms with Crippen molar-refractivity contribution in [1.82, 2.24) is 4.90 Å². The number of aliphatic hydroxyl groups excluding tert-OH is 2. The Morgan fingerprint density at radius 3 is 2.52 bits per heavy atom. The Balaban J connectivity index is 2.78. The SMILES string of the molecule is OC[C@@H](O)CN(CCC(F)(F)F)Cc1cccc(F)c1Cl. The Morgan fingerprint density at radius 2 is 1.95 bits per heavy atom. The first-order valence-corrected chi connectivity index (χ1v) is 6.61. The lowest BCUT2D eigenvalue weighted by Gasteiger charge is -2.25. The van der Waals surface area contributed by atoms with Gasteiger partial charge in [-0.25, -0.2) is 4.39 Å². The number of benzene rings is 1. The Bertz CT molecular complexity index is 456. The Kier molecular flexibility index (Phi) is 6.86. The van der Waals surface area contributed by atoms with Crippen LogP contribution in [0, 0.1) is 5.82 Å². The Labute approximate surface area is 124 Å². The van der Waals surface area contributed by atoms with E-state index >= 15 is 0 Å². The van der Waals surface area contributed by atoms with Gasteiger partial charge in [-0.2, -0.15) is 13.2 Å². The van der Waals surface area contributed by atoms with Crippen LogP contribution in [0.4, 0.5) is 17.6 Å². The molecule has 0 bridgehead atoms. The van der Waals surface area contributed by atoms with E-state index in [0.717, 1.165) is 6.07 Å². The highest BCUT2D eigenvalue weighted by atomic mass is 35.5. The summed E-state index contributed by atoms with van der Waals surface area (Å²) in [5, 5.41) is 18.0. The summed E-state index contributed by atoms with van der Waals surface area (Å²) in [5.41, 5.74) is 0.323. The molecule has 8 heteroatoms. The highest BCUT2D eigenvalue weighted by Gasteiger charge is 2.28. The van der Waals surface area contributed by atoms with Gasteiger partial charge in [-0.05, 0) is 11.6 Å². The van der Waals surface area contributed by atoms with Gasteiger partial charge >= 0.3 is 6.18 Å². The van der Waals surface area contributed by atoms with Gasteiger partial charge in [0, 0.05) is 19.6 Å². The van der Waals surface area contributed by atoms with Crippen molar-refractivity contribution in [2.45, 2.75) is 25.2 Å². The van der Waals surface area contributed by atoms with Crippen LogP contribution in [0.2, 0.25) is 5.02 Å². The van der Waals surface area contributed by atoms with E-state index in [9.17, 15) is 22.7 Å². The van der Waals surface area contributed by atoms with E-state index in [4.69, 9.17) is 16.7 Å². The summed E-state index contributed by atoms with van der Waals surface area (Å²) in [6, 6.07) is 4.05. The van der Waals surface area contributed by atoms with Gasteiger partial charge in [-0.3, -0.25) is 4.90 Å². The van der Waals surface area contributed by atoms with Crippen molar-refractivity contribution in [2.75, 3.05) is 19.7 Å². The van der Waals surface area contributed by atoms with Crippen LogP contribution < -0.4 is 0 Å². The maximum Gasteiger partial charge on any atom is 0.390 e. The minimum absolute atomic E-state index is 0.0519. The highest BCUT2D eigenvalue weighted by molar-refractivity contribution is 6.31. The van der Waals surface area contributed by atoms with E-state index in [1.54, 1.807) is 0 Å². The predicted octanol–water partition coefficient (Wildman–Crippen LogP) is 2.59. The molecule has 0 heterocycles. The topological polar surface area (TPSA) is 43.7 Å². The average Bonchev–Trinajstić information content (AvgIpc) is 2.40. The summed E-state index contributed by atoms with van der Waals surface area (Å²) >= 11 is 5.76. The molecule has 1 atom stereocenters. The number of nitrogens with zero attached hydrogens (tertiary/aromatic N) is 1. The minimum atomic E-state index is -4.34. The summed E-state index contributed by atoms with van der Waals surface area (Å²) < 4.78 is 50.2. The van der Waals surface area contributed by atoms with Gasteiger partial charge in [-0.1, -0.05) is 23.7 Å². The number of aliphatic hydroxyl groups is 2. The molecule has 0 fully saturated rings. The first kappa shape index (κ1) is 18.2. The third kappa shape index (κ3) is 6.60. The number of halogens is 5. The van der Waals surface area contributed by atoms with Crippen molar-refractivity contribution in [2.24, 2.45) is 0 Å². The summed E-state index contributed by atoms with van der Waals surface area (Å²) in [6.07, 6.45) is -6.59. The predicted molar refractivity (Wildman–Crippen MR) is 70.5 cm³/mol. The van der Waals surface area contributed by atoms with E-state index < -0.39 is 31.1 Å². The number of rotatable bonds is 7. The maximum atomic E-state index is 13.3. The molecule has 0 radical (unpaired) electrons. The van der Waals surface area contributed by atoms with Crippen molar-refractivity contribution in [3.63, 3.8) is 0 Å². The largest absolute Gasteiger partial charge is 0.394 e. The molecule has 3 nitrogen and oxygen atoms in total. The summed E-state index contributed by atoms with van der Waals surface area (Å²) in [6.45, 7) is -1.17. The van der Waals surface area contributed by atoms with Crippen LogP contribution in [0.5, 0.6) is 0 Å². The second-order valence-corrected chi connectivity index (χ2v) is 5.03. The van der Waals surface area contributed by atoms with Gasteiger partial charge in [0.25, 0.3) is 0 Å². The molecule has 1 rings (SSSR count). The molecule has 0 aliphatic heterocycles. The lowest BCUT2D eigenvalue weighted by atomic mass is 10.2. The normalized spacial score (nSPS) is 13.7. The third-order valence-electron chi connectivity index (χ3n) is 2.82. The van der Waals surface area contributed by atoms with E-state index in [2.05, 4.69) is 0 Å². The van der Waals surface area contributed by atoms with E-state index in [0.29, 0.717) is 5.56 Å². The van der Waals surface area contributed by atoms with Crippen LogP contribution in [-0.2, 0) is 6.54 Å². The molecule has 21 heavy (non-hydrogen) atoms. The van der Waals surface area contributed by atoms with Crippen LogP contribution in [0.1, 0.15) is 12.0 Å². The van der Waals surface area contributed by atoms with Gasteiger partial charge in [0.15, 0.2) is 0 Å². The molecule has 0 aliphatic rings. The van der Waals surface area contributed by atoms with Crippen LogP contribution in [0.15, 0.2) is 18.2 Å². The molecule has 0 saturated heterocycles. The smallest absolute Gasteiger partial charge is 0.390 e. The average molecular weight is 330 g/mol. The Morgan fingerprint density at radius 1 is 1.29 bits per heavy atom.